The molecule has 5 heteroatoms. The molecule has 1 N–H and O–H groups in total. The van der Waals surface area contributed by atoms with E-state index in [-0.39, 0.29) is 18.4 Å². The lowest BCUT2D eigenvalue weighted by atomic mass is 10.2. The molecule has 0 spiro atoms. The van der Waals surface area contributed by atoms with Crippen molar-refractivity contribution in [2.24, 2.45) is 0 Å². The predicted molar refractivity (Wildman–Crippen MR) is 65.7 cm³/mol. The summed E-state index contributed by atoms with van der Waals surface area (Å²) in [5.74, 6) is 0.162. The van der Waals surface area contributed by atoms with Crippen LogP contribution in [0.2, 0.25) is 0 Å². The van der Waals surface area contributed by atoms with Crippen LogP contribution in [0.4, 0.5) is 8.78 Å². The highest BCUT2D eigenvalue weighted by Crippen LogP contribution is 2.17. The molecule has 0 aliphatic carbocycles. The van der Waals surface area contributed by atoms with E-state index in [1.165, 1.54) is 6.07 Å². The molecule has 0 unspecified atom stereocenters. The summed E-state index contributed by atoms with van der Waals surface area (Å²) in [6.45, 7) is 2.46. The van der Waals surface area contributed by atoms with Gasteiger partial charge in [0.2, 0.25) is 0 Å². The number of rotatable bonds is 7. The number of aliphatic hydroxyl groups excluding tert-OH is 1. The maximum Gasteiger partial charge on any atom is 0.387 e. The van der Waals surface area contributed by atoms with E-state index < -0.39 is 6.61 Å². The van der Waals surface area contributed by atoms with Crippen LogP contribution < -0.4 is 4.74 Å². The molecule has 0 bridgehead atoms. The predicted octanol–water partition coefficient (Wildman–Crippen LogP) is 2.49. The Morgan fingerprint density at radius 2 is 2.06 bits per heavy atom. The molecule has 0 atom stereocenters. The quantitative estimate of drug-likeness (QED) is 0.816. The summed E-state index contributed by atoms with van der Waals surface area (Å²) in [4.78, 5) is 2.06. The summed E-state index contributed by atoms with van der Waals surface area (Å²) in [5.41, 5.74) is 0.885. The summed E-state index contributed by atoms with van der Waals surface area (Å²) in [6.07, 6.45) is 0. The average Bonchev–Trinajstić information content (AvgIpc) is 2.28. The van der Waals surface area contributed by atoms with Gasteiger partial charge in [0.15, 0.2) is 0 Å². The van der Waals surface area contributed by atoms with Crippen LogP contribution in [-0.4, -0.2) is 35.8 Å². The molecule has 0 saturated carbocycles. The minimum absolute atomic E-state index is 0.0748. The van der Waals surface area contributed by atoms with Gasteiger partial charge in [0.05, 0.1) is 6.61 Å². The molecule has 0 radical (unpaired) electrons. The SMILES string of the molecule is CC(C)N(CCO)Cc1cccc(OC(F)F)c1. The summed E-state index contributed by atoms with van der Waals surface area (Å²) in [6, 6.07) is 6.91. The first kappa shape index (κ1) is 14.9. The van der Waals surface area contributed by atoms with Crippen LogP contribution in [0.5, 0.6) is 5.75 Å². The van der Waals surface area contributed by atoms with Crippen LogP contribution in [0.3, 0.4) is 0 Å². The van der Waals surface area contributed by atoms with Crippen molar-refractivity contribution in [3.63, 3.8) is 0 Å². The van der Waals surface area contributed by atoms with Crippen LogP contribution in [0.25, 0.3) is 0 Å². The number of halogens is 2. The molecule has 0 fully saturated rings. The molecule has 1 rings (SSSR count). The Morgan fingerprint density at radius 3 is 2.61 bits per heavy atom. The van der Waals surface area contributed by atoms with E-state index in [9.17, 15) is 8.78 Å². The zero-order valence-electron chi connectivity index (χ0n) is 10.6. The number of benzene rings is 1. The lowest BCUT2D eigenvalue weighted by Gasteiger charge is -2.25. The van der Waals surface area contributed by atoms with Crippen molar-refractivity contribution in [1.29, 1.82) is 0 Å². The van der Waals surface area contributed by atoms with Gasteiger partial charge in [-0.2, -0.15) is 8.78 Å². The highest BCUT2D eigenvalue weighted by atomic mass is 19.3. The number of hydrogen-bond acceptors (Lipinski definition) is 3. The molecular formula is C13H19F2NO2. The number of aliphatic hydroxyl groups is 1. The number of nitrogens with zero attached hydrogens (tertiary/aromatic N) is 1. The molecule has 0 aliphatic rings. The zero-order chi connectivity index (χ0) is 13.5. The maximum absolute atomic E-state index is 12.1. The summed E-state index contributed by atoms with van der Waals surface area (Å²) < 4.78 is 28.6. The Balaban J connectivity index is 2.70. The third-order valence-corrected chi connectivity index (χ3v) is 2.63. The average molecular weight is 259 g/mol. The second-order valence-electron chi connectivity index (χ2n) is 4.31. The van der Waals surface area contributed by atoms with Crippen LogP contribution in [-0.2, 0) is 6.54 Å². The number of ether oxygens (including phenoxy) is 1. The largest absolute Gasteiger partial charge is 0.435 e. The van der Waals surface area contributed by atoms with Crippen LogP contribution >= 0.6 is 0 Å². The van der Waals surface area contributed by atoms with Crippen LogP contribution in [0.1, 0.15) is 19.4 Å². The van der Waals surface area contributed by atoms with E-state index in [1.807, 2.05) is 19.9 Å². The Hall–Kier alpha value is -1.20. The lowest BCUT2D eigenvalue weighted by molar-refractivity contribution is -0.0499. The summed E-state index contributed by atoms with van der Waals surface area (Å²) in [5, 5.41) is 8.97. The fraction of sp³-hybridized carbons (Fsp3) is 0.538. The van der Waals surface area contributed by atoms with Crippen LogP contribution in [0.15, 0.2) is 24.3 Å². The Kier molecular flexibility index (Phi) is 6.01. The highest BCUT2D eigenvalue weighted by Gasteiger charge is 2.10. The van der Waals surface area contributed by atoms with Gasteiger partial charge in [-0.3, -0.25) is 4.90 Å². The van der Waals surface area contributed by atoms with Gasteiger partial charge in [-0.25, -0.2) is 0 Å². The number of hydrogen-bond donors (Lipinski definition) is 1. The van der Waals surface area contributed by atoms with Gasteiger partial charge in [-0.15, -0.1) is 0 Å². The molecule has 0 aliphatic heterocycles. The van der Waals surface area contributed by atoms with Crippen molar-refractivity contribution in [3.05, 3.63) is 29.8 Å². The van der Waals surface area contributed by atoms with Gasteiger partial charge >= 0.3 is 6.61 Å². The lowest BCUT2D eigenvalue weighted by Crippen LogP contribution is -2.32. The van der Waals surface area contributed by atoms with Gasteiger partial charge in [0, 0.05) is 19.1 Å². The van der Waals surface area contributed by atoms with Crippen molar-refractivity contribution in [1.82, 2.24) is 4.90 Å². The minimum atomic E-state index is -2.81. The summed E-state index contributed by atoms with van der Waals surface area (Å²) >= 11 is 0. The molecule has 1 aromatic rings. The van der Waals surface area contributed by atoms with Crippen molar-refractivity contribution in [2.45, 2.75) is 33.0 Å². The van der Waals surface area contributed by atoms with E-state index in [1.54, 1.807) is 12.1 Å². The fourth-order valence-corrected chi connectivity index (χ4v) is 1.70. The molecule has 18 heavy (non-hydrogen) atoms. The Labute approximate surface area is 106 Å². The van der Waals surface area contributed by atoms with E-state index in [2.05, 4.69) is 9.64 Å². The molecule has 0 aromatic heterocycles. The third kappa shape index (κ3) is 4.98. The van der Waals surface area contributed by atoms with Gasteiger partial charge in [0.1, 0.15) is 5.75 Å². The standard InChI is InChI=1S/C13H19F2NO2/c1-10(2)16(6-7-17)9-11-4-3-5-12(8-11)18-13(14)15/h3-5,8,10,13,17H,6-7,9H2,1-2H3. The minimum Gasteiger partial charge on any atom is -0.435 e. The topological polar surface area (TPSA) is 32.7 Å². The Morgan fingerprint density at radius 1 is 1.33 bits per heavy atom. The molecular weight excluding hydrogens is 240 g/mol. The molecule has 0 heterocycles. The highest BCUT2D eigenvalue weighted by molar-refractivity contribution is 5.28. The van der Waals surface area contributed by atoms with Crippen molar-refractivity contribution in [2.75, 3.05) is 13.2 Å². The molecule has 1 aromatic carbocycles. The smallest absolute Gasteiger partial charge is 0.387 e. The van der Waals surface area contributed by atoms with Gasteiger partial charge in [-0.05, 0) is 31.5 Å². The first-order valence-electron chi connectivity index (χ1n) is 5.91. The molecule has 3 nitrogen and oxygen atoms in total. The monoisotopic (exact) mass is 259 g/mol. The zero-order valence-corrected chi connectivity index (χ0v) is 10.6. The van der Waals surface area contributed by atoms with Crippen molar-refractivity contribution in [3.8, 4) is 5.75 Å². The second-order valence-corrected chi connectivity index (χ2v) is 4.31. The van der Waals surface area contributed by atoms with E-state index in [4.69, 9.17) is 5.11 Å². The van der Waals surface area contributed by atoms with Gasteiger partial charge < -0.3 is 9.84 Å². The van der Waals surface area contributed by atoms with E-state index in [0.717, 1.165) is 5.56 Å². The van der Waals surface area contributed by atoms with E-state index in [0.29, 0.717) is 13.1 Å². The molecule has 0 amide bonds. The normalized spacial score (nSPS) is 11.6. The third-order valence-electron chi connectivity index (χ3n) is 2.63. The van der Waals surface area contributed by atoms with Gasteiger partial charge in [0.25, 0.3) is 0 Å². The van der Waals surface area contributed by atoms with Crippen molar-refractivity contribution < 1.29 is 18.6 Å². The van der Waals surface area contributed by atoms with Crippen molar-refractivity contribution >= 4 is 0 Å². The summed E-state index contributed by atoms with van der Waals surface area (Å²) in [7, 11) is 0. The van der Waals surface area contributed by atoms with Gasteiger partial charge in [-0.1, -0.05) is 12.1 Å². The first-order valence-corrected chi connectivity index (χ1v) is 5.91. The molecule has 0 saturated heterocycles. The fourth-order valence-electron chi connectivity index (χ4n) is 1.70. The second kappa shape index (κ2) is 7.28. The Bertz CT molecular complexity index is 359. The first-order chi connectivity index (χ1) is 8.52. The number of alkyl halides is 2. The van der Waals surface area contributed by atoms with E-state index >= 15 is 0 Å². The maximum atomic E-state index is 12.1. The molecule has 102 valence electrons. The van der Waals surface area contributed by atoms with Crippen LogP contribution in [0, 0.1) is 0 Å².